The van der Waals surface area contributed by atoms with E-state index in [2.05, 4.69) is 135 Å². The second-order valence-corrected chi connectivity index (χ2v) is 26.2. The van der Waals surface area contributed by atoms with Gasteiger partial charge in [-0.25, -0.2) is 0 Å². The molecule has 3 rings (SSSR count). The summed E-state index contributed by atoms with van der Waals surface area (Å²) in [6, 6.07) is 6.06. The van der Waals surface area contributed by atoms with E-state index in [4.69, 9.17) is 35.7 Å². The van der Waals surface area contributed by atoms with Gasteiger partial charge in [-0.2, -0.15) is 0 Å². The van der Waals surface area contributed by atoms with Gasteiger partial charge < -0.3 is 29.2 Å². The van der Waals surface area contributed by atoms with Crippen LogP contribution in [0.3, 0.4) is 0 Å². The highest BCUT2D eigenvalue weighted by molar-refractivity contribution is 14.1. The van der Waals surface area contributed by atoms with Crippen LogP contribution in [0.15, 0.2) is 31.6 Å². The molecule has 0 amide bonds. The van der Waals surface area contributed by atoms with Crippen LogP contribution in [0, 0.1) is 80.3 Å². The van der Waals surface area contributed by atoms with Crippen LogP contribution in [0.5, 0.6) is 17.2 Å². The summed E-state index contributed by atoms with van der Waals surface area (Å²) in [5.74, 6) is 2.59. The lowest BCUT2D eigenvalue weighted by atomic mass is 9.88. The van der Waals surface area contributed by atoms with Crippen molar-refractivity contribution >= 4 is 145 Å². The van der Waals surface area contributed by atoms with E-state index < -0.39 is 22.2 Å². The number of phenolic OH excluding ortho intramolecular Hbond substituents is 1. The van der Waals surface area contributed by atoms with Crippen molar-refractivity contribution in [2.45, 2.75) is 149 Å². The van der Waals surface area contributed by atoms with E-state index in [9.17, 15) is 19.5 Å². The summed E-state index contributed by atoms with van der Waals surface area (Å²) in [7, 11) is 0. The monoisotopic (exact) mass is 1510 g/mol. The summed E-state index contributed by atoms with van der Waals surface area (Å²) in [5, 5.41) is 18.5. The third kappa shape index (κ3) is 24.5. The van der Waals surface area contributed by atoms with E-state index in [0.717, 1.165) is 95.5 Å². The minimum absolute atomic E-state index is 0.115. The standard InChI is InChI=1S/C19H28BrIO3.C15H20BrIO3.C11H21ClO2.C8H8BrIO/c1-12(2)11-24-18(22)19(5,6)8-7-9-23-17-13(3)10-15(20)14(4)16(17)21;1-9-8-11(16)10(2)12(17)13(9)20-7-5-6-15(3,4)14(18)19;1-9(2)8-14-10(13)11(3,4)6-5-7-12;1-4-3-6(9)5(2)7(10)8(4)11/h10,12H,7-9,11H2,1-6H3;8H,5-7H2,1-4H3,(H,18,19);9H,5-8H2,1-4H3;3,11H,1-2H3. The number of carboxylic acid groups (broad SMARTS) is 1. The van der Waals surface area contributed by atoms with E-state index in [0.29, 0.717) is 56.3 Å². The molecule has 0 aliphatic carbocycles. The Morgan fingerprint density at radius 1 is 0.580 bits per heavy atom. The molecule has 0 bridgehead atoms. The van der Waals surface area contributed by atoms with Crippen LogP contribution in [-0.2, 0) is 23.9 Å². The smallest absolute Gasteiger partial charge is 0.311 e. The van der Waals surface area contributed by atoms with Gasteiger partial charge in [0.1, 0.15) is 17.2 Å². The lowest BCUT2D eigenvalue weighted by Gasteiger charge is -2.23. The maximum Gasteiger partial charge on any atom is 0.311 e. The van der Waals surface area contributed by atoms with Gasteiger partial charge in [-0.1, -0.05) is 75.5 Å². The largest absolute Gasteiger partial charge is 0.507 e. The van der Waals surface area contributed by atoms with E-state index in [1.165, 1.54) is 5.56 Å². The molecule has 0 aromatic heterocycles. The number of carbonyl (C=O) groups is 3. The summed E-state index contributed by atoms with van der Waals surface area (Å²) in [4.78, 5) is 34.8. The number of carbonyl (C=O) groups excluding carboxylic acids is 2. The molecule has 0 fully saturated rings. The lowest BCUT2D eigenvalue weighted by Crippen LogP contribution is -2.28. The molecule has 0 heterocycles. The second-order valence-electron chi connectivity index (χ2n) is 20.0. The summed E-state index contributed by atoms with van der Waals surface area (Å²) in [6.07, 6.45) is 4.53. The molecule has 392 valence electrons. The van der Waals surface area contributed by atoms with E-state index in [1.807, 2.05) is 95.2 Å². The molecule has 0 saturated carbocycles. The first-order chi connectivity index (χ1) is 31.7. The first kappa shape index (κ1) is 68.4. The number of benzene rings is 3. The Bertz CT molecular complexity index is 2120. The van der Waals surface area contributed by atoms with E-state index in [-0.39, 0.29) is 11.9 Å². The number of hydrogen-bond acceptors (Lipinski definition) is 8. The average Bonchev–Trinajstić information content (AvgIpc) is 3.26. The van der Waals surface area contributed by atoms with Crippen molar-refractivity contribution in [3.63, 3.8) is 0 Å². The van der Waals surface area contributed by atoms with Gasteiger partial charge in [-0.05, 0) is 253 Å². The average molecular weight is 1510 g/mol. The molecule has 0 atom stereocenters. The number of hydrogen-bond donors (Lipinski definition) is 2. The Morgan fingerprint density at radius 2 is 0.899 bits per heavy atom. The van der Waals surface area contributed by atoms with Gasteiger partial charge in [0.2, 0.25) is 0 Å². The molecular weight excluding hydrogens is 1440 g/mol. The van der Waals surface area contributed by atoms with Crippen molar-refractivity contribution < 1.29 is 43.5 Å². The van der Waals surface area contributed by atoms with Crippen LogP contribution in [0.4, 0.5) is 0 Å². The molecule has 0 saturated heterocycles. The third-order valence-electron chi connectivity index (χ3n) is 10.9. The molecule has 3 aromatic rings. The van der Waals surface area contributed by atoms with Crippen LogP contribution >= 0.6 is 127 Å². The number of alkyl halides is 1. The van der Waals surface area contributed by atoms with Gasteiger partial charge in [0, 0.05) is 19.3 Å². The van der Waals surface area contributed by atoms with Crippen molar-refractivity contribution in [2.75, 3.05) is 32.3 Å². The summed E-state index contributed by atoms with van der Waals surface area (Å²) in [5.41, 5.74) is 4.99. The van der Waals surface area contributed by atoms with Gasteiger partial charge in [-0.15, -0.1) is 11.6 Å². The topological polar surface area (TPSA) is 129 Å². The van der Waals surface area contributed by atoms with E-state index >= 15 is 0 Å². The summed E-state index contributed by atoms with van der Waals surface area (Å²) >= 11 is 22.8. The molecule has 0 aliphatic rings. The van der Waals surface area contributed by atoms with Crippen LogP contribution in [-0.4, -0.2) is 60.4 Å². The third-order valence-corrected chi connectivity index (χ3v) is 17.5. The molecule has 0 unspecified atom stereocenters. The predicted octanol–water partition coefficient (Wildman–Crippen LogP) is 17.6. The zero-order valence-electron chi connectivity index (χ0n) is 43.6. The van der Waals surface area contributed by atoms with Crippen LogP contribution < -0.4 is 9.47 Å². The molecule has 0 radical (unpaired) electrons. The number of phenols is 1. The summed E-state index contributed by atoms with van der Waals surface area (Å²) < 4.78 is 28.8. The van der Waals surface area contributed by atoms with Crippen molar-refractivity contribution in [3.8, 4) is 17.2 Å². The quantitative estimate of drug-likeness (QED) is 0.0492. The van der Waals surface area contributed by atoms with Gasteiger partial charge in [0.15, 0.2) is 0 Å². The van der Waals surface area contributed by atoms with Gasteiger partial charge in [0.05, 0.1) is 53.4 Å². The van der Waals surface area contributed by atoms with Gasteiger partial charge in [0.25, 0.3) is 0 Å². The Kier molecular flexibility index (Phi) is 32.4. The minimum Gasteiger partial charge on any atom is -0.507 e. The Labute approximate surface area is 486 Å². The van der Waals surface area contributed by atoms with Crippen LogP contribution in [0.2, 0.25) is 0 Å². The fourth-order valence-electron chi connectivity index (χ4n) is 5.87. The zero-order chi connectivity index (χ0) is 53.8. The van der Waals surface area contributed by atoms with Crippen molar-refractivity contribution in [1.29, 1.82) is 0 Å². The molecule has 69 heavy (non-hydrogen) atoms. The number of carboxylic acids is 1. The second kappa shape index (κ2) is 32.6. The number of esters is 2. The van der Waals surface area contributed by atoms with Crippen LogP contribution in [0.1, 0.15) is 141 Å². The molecule has 0 spiro atoms. The SMILES string of the molecule is CC(C)COC(=O)C(C)(C)CCCCl.Cc1cc(Br)c(C)c(I)c1O.Cc1cc(Br)c(C)c(I)c1OCCCC(C)(C)C(=O)O.Cc1cc(Br)c(C)c(I)c1OCCCC(C)(C)C(=O)OCC(C)C. The fraction of sp³-hybridized carbons (Fsp3) is 0.604. The number of aryl methyl sites for hydroxylation is 3. The van der Waals surface area contributed by atoms with Gasteiger partial charge in [-0.3, -0.25) is 14.4 Å². The van der Waals surface area contributed by atoms with Crippen molar-refractivity contribution in [3.05, 3.63) is 75.7 Å². The molecule has 16 heteroatoms. The Morgan fingerprint density at radius 3 is 1.23 bits per heavy atom. The Hall–Kier alpha value is -0.610. The molecule has 9 nitrogen and oxygen atoms in total. The maximum atomic E-state index is 12.2. The number of rotatable bonds is 20. The normalized spacial score (nSPS) is 11.4. The highest BCUT2D eigenvalue weighted by atomic mass is 127. The number of aromatic hydroxyl groups is 1. The maximum absolute atomic E-state index is 12.2. The zero-order valence-corrected chi connectivity index (χ0v) is 55.5. The molecule has 3 aromatic carbocycles. The fourth-order valence-corrected chi connectivity index (χ4v) is 11.2. The first-order valence-corrected chi connectivity index (χ1v) is 29.3. The number of aliphatic carboxylic acids is 1. The summed E-state index contributed by atoms with van der Waals surface area (Å²) in [6.45, 7) is 33.5. The minimum atomic E-state index is -0.761. The highest BCUT2D eigenvalue weighted by Crippen LogP contribution is 2.36. The van der Waals surface area contributed by atoms with Crippen molar-refractivity contribution in [2.24, 2.45) is 28.1 Å². The van der Waals surface area contributed by atoms with Crippen molar-refractivity contribution in [1.82, 2.24) is 0 Å². The predicted molar refractivity (Wildman–Crippen MR) is 321 cm³/mol. The molecule has 0 aliphatic heterocycles. The molecule has 2 N–H and O–H groups in total. The first-order valence-electron chi connectivity index (χ1n) is 23.1. The highest BCUT2D eigenvalue weighted by Gasteiger charge is 2.30. The molecular formula is C53H77Br3ClI3O9. The van der Waals surface area contributed by atoms with Crippen LogP contribution in [0.25, 0.3) is 0 Å². The van der Waals surface area contributed by atoms with E-state index in [1.54, 1.807) is 13.8 Å². The van der Waals surface area contributed by atoms with Gasteiger partial charge >= 0.3 is 17.9 Å². The lowest BCUT2D eigenvalue weighted by molar-refractivity contribution is -0.156. The number of halogens is 7. The number of ether oxygens (including phenoxy) is 4. The Balaban J connectivity index is 0.000000930.